The number of nitrogens with two attached hydrogens (primary N) is 1. The van der Waals surface area contributed by atoms with Gasteiger partial charge in [-0.15, -0.1) is 0 Å². The monoisotopic (exact) mass is 515 g/mol. The van der Waals surface area contributed by atoms with Gasteiger partial charge in [-0.05, 0) is 42.0 Å². The lowest BCUT2D eigenvalue weighted by Crippen LogP contribution is -2.40. The fraction of sp³-hybridized carbons (Fsp3) is 0.107. The minimum atomic E-state index is -0.938. The summed E-state index contributed by atoms with van der Waals surface area (Å²) in [6.45, 7) is 0. The van der Waals surface area contributed by atoms with E-state index >= 15 is 0 Å². The van der Waals surface area contributed by atoms with Crippen LogP contribution in [0.4, 0.5) is 5.69 Å². The fourth-order valence-electron chi connectivity index (χ4n) is 4.10. The maximum Gasteiger partial charge on any atom is 0.355 e. The van der Waals surface area contributed by atoms with Gasteiger partial charge in [0.15, 0.2) is 0 Å². The molecule has 8 nitrogen and oxygen atoms in total. The van der Waals surface area contributed by atoms with Crippen molar-refractivity contribution in [3.63, 3.8) is 0 Å². The summed E-state index contributed by atoms with van der Waals surface area (Å²) in [5.74, 6) is -1.64. The molecule has 1 aliphatic rings. The van der Waals surface area contributed by atoms with Crippen LogP contribution in [0.15, 0.2) is 102 Å². The predicted octanol–water partition coefficient (Wildman–Crippen LogP) is 5.03. The van der Waals surface area contributed by atoms with Gasteiger partial charge >= 0.3 is 11.9 Å². The number of carbonyl (C=O) groups excluding carboxylic acids is 2. The summed E-state index contributed by atoms with van der Waals surface area (Å²) in [5, 5.41) is 10.6. The highest BCUT2D eigenvalue weighted by Crippen LogP contribution is 2.43. The number of methoxy groups -OCH3 is 2. The number of ether oxygens (including phenoxy) is 3. The molecule has 0 saturated heterocycles. The van der Waals surface area contributed by atoms with Gasteiger partial charge in [0.2, 0.25) is 0 Å². The van der Waals surface area contributed by atoms with Gasteiger partial charge in [-0.2, -0.15) is 5.26 Å². The van der Waals surface area contributed by atoms with E-state index in [1.165, 1.54) is 19.1 Å². The van der Waals surface area contributed by atoms with Crippen LogP contribution in [0, 0.1) is 11.3 Å². The van der Waals surface area contributed by atoms with Crippen molar-refractivity contribution in [2.45, 2.75) is 5.92 Å². The Labute approximate surface area is 218 Å². The van der Waals surface area contributed by atoms with E-state index in [9.17, 15) is 14.9 Å². The van der Waals surface area contributed by atoms with Crippen LogP contribution in [-0.4, -0.2) is 26.2 Å². The lowest BCUT2D eigenvalue weighted by molar-refractivity contribution is -0.139. The van der Waals surface area contributed by atoms with Crippen molar-refractivity contribution < 1.29 is 23.8 Å². The third-order valence-electron chi connectivity index (χ3n) is 5.77. The average Bonchev–Trinajstić information content (AvgIpc) is 2.93. The molecule has 0 radical (unpaired) electrons. The second-order valence-electron chi connectivity index (χ2n) is 7.86. The number of halogens is 1. The Kier molecular flexibility index (Phi) is 7.47. The van der Waals surface area contributed by atoms with Gasteiger partial charge in [0, 0.05) is 5.69 Å². The molecule has 0 bridgehead atoms. The normalized spacial score (nSPS) is 15.2. The second kappa shape index (κ2) is 10.9. The van der Waals surface area contributed by atoms with Crippen LogP contribution in [0.2, 0.25) is 5.02 Å². The van der Waals surface area contributed by atoms with Crippen LogP contribution in [0.5, 0.6) is 11.5 Å². The predicted molar refractivity (Wildman–Crippen MR) is 138 cm³/mol. The van der Waals surface area contributed by atoms with Crippen molar-refractivity contribution in [3.05, 3.63) is 112 Å². The first kappa shape index (κ1) is 25.4. The molecule has 3 aromatic carbocycles. The van der Waals surface area contributed by atoms with Crippen LogP contribution >= 0.6 is 11.6 Å². The van der Waals surface area contributed by atoms with Crippen molar-refractivity contribution in [1.29, 1.82) is 5.26 Å². The van der Waals surface area contributed by atoms with Gasteiger partial charge < -0.3 is 19.9 Å². The number of esters is 2. The SMILES string of the molecule is COC(=O)C1=C(C(=O)OC)N(c2ccc(Oc3ccccc3Cl)cc2)C(N)=C(C#N)C1c1ccccc1. The zero-order valence-corrected chi connectivity index (χ0v) is 20.7. The maximum absolute atomic E-state index is 13.1. The van der Waals surface area contributed by atoms with Crippen molar-refractivity contribution >= 4 is 29.2 Å². The molecule has 9 heteroatoms. The Balaban J connectivity index is 1.87. The number of anilines is 1. The Morgan fingerprint density at radius 1 is 0.919 bits per heavy atom. The standard InChI is InChI=1S/C28H22ClN3O5/c1-35-27(33)24-23(17-8-4-3-5-9-17)20(16-30)26(31)32(25(24)28(34)36-2)18-12-14-19(15-13-18)37-22-11-7-6-10-21(22)29/h3-15,23H,31H2,1-2H3. The first-order chi connectivity index (χ1) is 17.9. The fourth-order valence-corrected chi connectivity index (χ4v) is 4.27. The Bertz CT molecular complexity index is 1440. The molecule has 0 amide bonds. The van der Waals surface area contributed by atoms with Crippen LogP contribution in [-0.2, 0) is 19.1 Å². The van der Waals surface area contributed by atoms with Gasteiger partial charge in [0.1, 0.15) is 23.0 Å². The third kappa shape index (κ3) is 4.85. The zero-order valence-electron chi connectivity index (χ0n) is 20.0. The molecule has 2 N–H and O–H groups in total. The molecule has 1 aliphatic heterocycles. The van der Waals surface area contributed by atoms with E-state index in [4.69, 9.17) is 31.5 Å². The number of carbonyl (C=O) groups is 2. The Morgan fingerprint density at radius 2 is 1.54 bits per heavy atom. The molecule has 0 aliphatic carbocycles. The largest absolute Gasteiger partial charge is 0.466 e. The van der Waals surface area contributed by atoms with E-state index in [1.54, 1.807) is 78.9 Å². The van der Waals surface area contributed by atoms with Gasteiger partial charge in [-0.3, -0.25) is 4.90 Å². The molecule has 4 rings (SSSR count). The molecule has 0 fully saturated rings. The summed E-state index contributed by atoms with van der Waals surface area (Å²) in [6, 6.07) is 24.5. The zero-order chi connectivity index (χ0) is 26.5. The topological polar surface area (TPSA) is 115 Å². The number of allylic oxidation sites excluding steroid dienone is 1. The summed E-state index contributed by atoms with van der Waals surface area (Å²) in [4.78, 5) is 27.5. The molecule has 0 spiro atoms. The molecule has 1 atom stereocenters. The summed E-state index contributed by atoms with van der Waals surface area (Å²) in [6.07, 6.45) is 0. The smallest absolute Gasteiger partial charge is 0.355 e. The highest BCUT2D eigenvalue weighted by molar-refractivity contribution is 6.32. The average molecular weight is 516 g/mol. The van der Waals surface area contributed by atoms with Crippen molar-refractivity contribution in [3.8, 4) is 17.6 Å². The second-order valence-corrected chi connectivity index (χ2v) is 8.27. The quantitative estimate of drug-likeness (QED) is 0.454. The van der Waals surface area contributed by atoms with E-state index in [-0.39, 0.29) is 22.7 Å². The molecule has 37 heavy (non-hydrogen) atoms. The highest BCUT2D eigenvalue weighted by Gasteiger charge is 2.42. The Hall–Kier alpha value is -4.74. The number of hydrogen-bond donors (Lipinski definition) is 1. The van der Waals surface area contributed by atoms with E-state index in [0.29, 0.717) is 27.8 Å². The summed E-state index contributed by atoms with van der Waals surface area (Å²) < 4.78 is 15.9. The van der Waals surface area contributed by atoms with Crippen molar-refractivity contribution in [2.75, 3.05) is 19.1 Å². The molecule has 0 aromatic heterocycles. The van der Waals surface area contributed by atoms with E-state index in [1.807, 2.05) is 0 Å². The summed E-state index contributed by atoms with van der Waals surface area (Å²) in [5.41, 5.74) is 7.34. The van der Waals surface area contributed by atoms with Crippen LogP contribution < -0.4 is 15.4 Å². The molecule has 186 valence electrons. The van der Waals surface area contributed by atoms with Gasteiger partial charge in [0.25, 0.3) is 0 Å². The molecular weight excluding hydrogens is 494 g/mol. The van der Waals surface area contributed by atoms with Crippen molar-refractivity contribution in [2.24, 2.45) is 5.73 Å². The minimum Gasteiger partial charge on any atom is -0.466 e. The minimum absolute atomic E-state index is 0.0239. The lowest BCUT2D eigenvalue weighted by Gasteiger charge is -2.35. The molecule has 1 heterocycles. The number of para-hydroxylation sites is 1. The first-order valence-electron chi connectivity index (χ1n) is 11.1. The summed E-state index contributed by atoms with van der Waals surface area (Å²) >= 11 is 6.18. The van der Waals surface area contributed by atoms with Crippen LogP contribution in [0.25, 0.3) is 0 Å². The summed E-state index contributed by atoms with van der Waals surface area (Å²) in [7, 11) is 2.39. The molecular formula is C28H22ClN3O5. The maximum atomic E-state index is 13.1. The van der Waals surface area contributed by atoms with Gasteiger partial charge in [-0.25, -0.2) is 9.59 Å². The molecule has 0 saturated carbocycles. The number of nitrogens with zero attached hydrogens (tertiary/aromatic N) is 2. The van der Waals surface area contributed by atoms with Gasteiger partial charge in [0.05, 0.1) is 42.4 Å². The number of benzene rings is 3. The van der Waals surface area contributed by atoms with Gasteiger partial charge in [-0.1, -0.05) is 54.1 Å². The van der Waals surface area contributed by atoms with Crippen molar-refractivity contribution in [1.82, 2.24) is 0 Å². The lowest BCUT2D eigenvalue weighted by atomic mass is 9.81. The number of nitriles is 1. The number of rotatable bonds is 6. The van der Waals surface area contributed by atoms with Crippen LogP contribution in [0.3, 0.4) is 0 Å². The highest BCUT2D eigenvalue weighted by atomic mass is 35.5. The van der Waals surface area contributed by atoms with Crippen LogP contribution in [0.1, 0.15) is 11.5 Å². The third-order valence-corrected chi connectivity index (χ3v) is 6.08. The molecule has 1 unspecified atom stereocenters. The van der Waals surface area contributed by atoms with E-state index < -0.39 is 17.9 Å². The first-order valence-corrected chi connectivity index (χ1v) is 11.5. The number of hydrogen-bond acceptors (Lipinski definition) is 8. The van der Waals surface area contributed by atoms with E-state index in [0.717, 1.165) is 0 Å². The van der Waals surface area contributed by atoms with E-state index in [2.05, 4.69) is 6.07 Å². The Morgan fingerprint density at radius 3 is 2.14 bits per heavy atom. The molecule has 3 aromatic rings.